The van der Waals surface area contributed by atoms with E-state index in [4.69, 9.17) is 4.74 Å². The SMILES string of the molecule is COc1ccccc1CC(=O)Nc1nnc(CCNS(=O)(=O)c2ccc(C)cc2)s1. The van der Waals surface area contributed by atoms with E-state index in [0.29, 0.717) is 22.3 Å². The zero-order valence-electron chi connectivity index (χ0n) is 16.6. The maximum Gasteiger partial charge on any atom is 0.240 e. The molecule has 30 heavy (non-hydrogen) atoms. The van der Waals surface area contributed by atoms with Gasteiger partial charge in [0.05, 0.1) is 18.4 Å². The normalized spacial score (nSPS) is 11.3. The van der Waals surface area contributed by atoms with Gasteiger partial charge in [0.2, 0.25) is 21.1 Å². The molecule has 0 spiro atoms. The minimum atomic E-state index is -3.58. The van der Waals surface area contributed by atoms with Crippen molar-refractivity contribution in [2.24, 2.45) is 0 Å². The summed E-state index contributed by atoms with van der Waals surface area (Å²) in [6.45, 7) is 2.08. The van der Waals surface area contributed by atoms with E-state index in [0.717, 1.165) is 11.1 Å². The monoisotopic (exact) mass is 446 g/mol. The van der Waals surface area contributed by atoms with Crippen molar-refractivity contribution < 1.29 is 17.9 Å². The molecule has 0 saturated carbocycles. The number of hydrogen-bond acceptors (Lipinski definition) is 7. The van der Waals surface area contributed by atoms with Crippen molar-refractivity contribution in [2.75, 3.05) is 19.0 Å². The number of ether oxygens (including phenoxy) is 1. The second-order valence-corrected chi connectivity index (χ2v) is 9.33. The number of carbonyl (C=O) groups excluding carboxylic acids is 1. The molecule has 1 heterocycles. The Morgan fingerprint density at radius 2 is 1.83 bits per heavy atom. The topological polar surface area (TPSA) is 110 Å². The Labute approximate surface area is 179 Å². The highest BCUT2D eigenvalue weighted by atomic mass is 32.2. The Bertz CT molecular complexity index is 1110. The number of hydrogen-bond donors (Lipinski definition) is 2. The fourth-order valence-electron chi connectivity index (χ4n) is 2.68. The highest BCUT2D eigenvalue weighted by Gasteiger charge is 2.15. The van der Waals surface area contributed by atoms with Crippen LogP contribution < -0.4 is 14.8 Å². The van der Waals surface area contributed by atoms with Crippen LogP contribution in [0.1, 0.15) is 16.1 Å². The van der Waals surface area contributed by atoms with Gasteiger partial charge in [-0.15, -0.1) is 10.2 Å². The molecule has 1 aromatic heterocycles. The molecule has 0 aliphatic carbocycles. The average molecular weight is 447 g/mol. The van der Waals surface area contributed by atoms with Crippen LogP contribution in [0.25, 0.3) is 0 Å². The second-order valence-electron chi connectivity index (χ2n) is 6.50. The standard InChI is InChI=1S/C20H22N4O4S2/c1-14-7-9-16(10-8-14)30(26,27)21-12-11-19-23-24-20(29-19)22-18(25)13-15-5-3-4-6-17(15)28-2/h3-10,21H,11-13H2,1-2H3,(H,22,24,25). The third-order valence-corrected chi connectivity index (χ3v) is 6.59. The van der Waals surface area contributed by atoms with Gasteiger partial charge in [0, 0.05) is 18.5 Å². The first-order valence-corrected chi connectivity index (χ1v) is 11.5. The summed E-state index contributed by atoms with van der Waals surface area (Å²) in [5.41, 5.74) is 1.76. The zero-order chi connectivity index (χ0) is 21.6. The van der Waals surface area contributed by atoms with Crippen molar-refractivity contribution in [1.29, 1.82) is 0 Å². The number of carbonyl (C=O) groups is 1. The van der Waals surface area contributed by atoms with Crippen molar-refractivity contribution in [1.82, 2.24) is 14.9 Å². The number of aromatic nitrogens is 2. The van der Waals surface area contributed by atoms with Crippen LogP contribution in [-0.4, -0.2) is 38.2 Å². The van der Waals surface area contributed by atoms with E-state index in [1.54, 1.807) is 37.4 Å². The van der Waals surface area contributed by atoms with Gasteiger partial charge in [0.25, 0.3) is 0 Å². The molecule has 2 N–H and O–H groups in total. The largest absolute Gasteiger partial charge is 0.496 e. The fourth-order valence-corrected chi connectivity index (χ4v) is 4.47. The zero-order valence-corrected chi connectivity index (χ0v) is 18.2. The second kappa shape index (κ2) is 9.79. The molecule has 0 unspecified atom stereocenters. The number of sulfonamides is 1. The summed E-state index contributed by atoms with van der Waals surface area (Å²) < 4.78 is 32.4. The molecule has 3 aromatic rings. The van der Waals surface area contributed by atoms with E-state index in [9.17, 15) is 13.2 Å². The highest BCUT2D eigenvalue weighted by Crippen LogP contribution is 2.20. The van der Waals surface area contributed by atoms with E-state index >= 15 is 0 Å². The Balaban J connectivity index is 1.51. The van der Waals surface area contributed by atoms with Crippen LogP contribution in [-0.2, 0) is 27.7 Å². The summed E-state index contributed by atoms with van der Waals surface area (Å²) in [6.07, 6.45) is 0.514. The van der Waals surface area contributed by atoms with Gasteiger partial charge >= 0.3 is 0 Å². The van der Waals surface area contributed by atoms with Crippen molar-refractivity contribution in [2.45, 2.75) is 24.7 Å². The van der Waals surface area contributed by atoms with Gasteiger partial charge in [0.15, 0.2) is 0 Å². The predicted octanol–water partition coefficient (Wildman–Crippen LogP) is 2.56. The van der Waals surface area contributed by atoms with Crippen LogP contribution in [0, 0.1) is 6.92 Å². The minimum absolute atomic E-state index is 0.148. The molecule has 3 rings (SSSR count). The molecular weight excluding hydrogens is 424 g/mol. The van der Waals surface area contributed by atoms with Crippen LogP contribution in [0.3, 0.4) is 0 Å². The number of methoxy groups -OCH3 is 1. The summed E-state index contributed by atoms with van der Waals surface area (Å²) in [7, 11) is -2.02. The smallest absolute Gasteiger partial charge is 0.240 e. The van der Waals surface area contributed by atoms with E-state index in [-0.39, 0.29) is 23.8 Å². The van der Waals surface area contributed by atoms with Crippen LogP contribution in [0.15, 0.2) is 53.4 Å². The summed E-state index contributed by atoms with van der Waals surface area (Å²) in [5.74, 6) is 0.411. The van der Waals surface area contributed by atoms with Gasteiger partial charge < -0.3 is 10.1 Å². The quantitative estimate of drug-likeness (QED) is 0.523. The van der Waals surface area contributed by atoms with Gasteiger partial charge in [-0.05, 0) is 25.1 Å². The van der Waals surface area contributed by atoms with Gasteiger partial charge in [-0.3, -0.25) is 4.79 Å². The lowest BCUT2D eigenvalue weighted by molar-refractivity contribution is -0.115. The molecule has 10 heteroatoms. The molecular formula is C20H22N4O4S2. The van der Waals surface area contributed by atoms with Crippen LogP contribution in [0.4, 0.5) is 5.13 Å². The first kappa shape index (κ1) is 21.9. The number of anilines is 1. The van der Waals surface area contributed by atoms with Crippen molar-refractivity contribution >= 4 is 32.4 Å². The van der Waals surface area contributed by atoms with Crippen molar-refractivity contribution in [3.63, 3.8) is 0 Å². The first-order chi connectivity index (χ1) is 14.4. The lowest BCUT2D eigenvalue weighted by Gasteiger charge is -2.07. The molecule has 0 atom stereocenters. The Morgan fingerprint density at radius 3 is 2.57 bits per heavy atom. The number of aryl methyl sites for hydroxylation is 1. The summed E-state index contributed by atoms with van der Waals surface area (Å²) >= 11 is 1.21. The Morgan fingerprint density at radius 1 is 1.10 bits per heavy atom. The van der Waals surface area contributed by atoms with E-state index < -0.39 is 10.0 Å². The van der Waals surface area contributed by atoms with E-state index in [2.05, 4.69) is 20.2 Å². The molecule has 0 aliphatic rings. The maximum absolute atomic E-state index is 12.3. The lowest BCUT2D eigenvalue weighted by atomic mass is 10.1. The number of amides is 1. The summed E-state index contributed by atoms with van der Waals surface area (Å²) in [4.78, 5) is 12.5. The predicted molar refractivity (Wildman–Crippen MR) is 115 cm³/mol. The van der Waals surface area contributed by atoms with E-state index in [1.807, 2.05) is 25.1 Å². The highest BCUT2D eigenvalue weighted by molar-refractivity contribution is 7.89. The molecule has 0 fully saturated rings. The van der Waals surface area contributed by atoms with Gasteiger partial charge in [-0.2, -0.15) is 0 Å². The molecule has 0 saturated heterocycles. The maximum atomic E-state index is 12.3. The number of nitrogens with zero attached hydrogens (tertiary/aromatic N) is 2. The molecule has 158 valence electrons. The van der Waals surface area contributed by atoms with Gasteiger partial charge in [-0.1, -0.05) is 47.2 Å². The molecule has 8 nitrogen and oxygen atoms in total. The van der Waals surface area contributed by atoms with Crippen molar-refractivity contribution in [3.05, 3.63) is 64.7 Å². The Kier molecular flexibility index (Phi) is 7.14. The van der Waals surface area contributed by atoms with E-state index in [1.165, 1.54) is 11.3 Å². The van der Waals surface area contributed by atoms with Crippen LogP contribution >= 0.6 is 11.3 Å². The summed E-state index contributed by atoms with van der Waals surface area (Å²) in [5, 5.41) is 11.7. The lowest BCUT2D eigenvalue weighted by Crippen LogP contribution is -2.25. The number of benzene rings is 2. The molecule has 0 bridgehead atoms. The minimum Gasteiger partial charge on any atom is -0.496 e. The molecule has 0 aliphatic heterocycles. The number of nitrogens with one attached hydrogen (secondary N) is 2. The first-order valence-electron chi connectivity index (χ1n) is 9.18. The third kappa shape index (κ3) is 5.85. The molecule has 0 radical (unpaired) electrons. The van der Waals surface area contributed by atoms with Gasteiger partial charge in [0.1, 0.15) is 10.8 Å². The van der Waals surface area contributed by atoms with Crippen LogP contribution in [0.2, 0.25) is 0 Å². The molecule has 2 aromatic carbocycles. The van der Waals surface area contributed by atoms with Crippen molar-refractivity contribution in [3.8, 4) is 5.75 Å². The van der Waals surface area contributed by atoms with Crippen LogP contribution in [0.5, 0.6) is 5.75 Å². The van der Waals surface area contributed by atoms with Gasteiger partial charge in [-0.25, -0.2) is 13.1 Å². The number of rotatable bonds is 9. The fraction of sp³-hybridized carbons (Fsp3) is 0.250. The third-order valence-electron chi connectivity index (χ3n) is 4.22. The molecule has 1 amide bonds. The summed E-state index contributed by atoms with van der Waals surface area (Å²) in [6, 6.07) is 13.9. The average Bonchev–Trinajstić information content (AvgIpc) is 3.15. The Hall–Kier alpha value is -2.82. The number of para-hydroxylation sites is 1.